The topological polar surface area (TPSA) is 35.0 Å². The van der Waals surface area contributed by atoms with Crippen LogP contribution in [0.1, 0.15) is 11.1 Å². The van der Waals surface area contributed by atoms with Crippen molar-refractivity contribution in [2.24, 2.45) is 0 Å². The van der Waals surface area contributed by atoms with Crippen molar-refractivity contribution < 1.29 is 4.74 Å². The van der Waals surface area contributed by atoms with E-state index in [1.807, 2.05) is 24.3 Å². The second-order valence-corrected chi connectivity index (χ2v) is 4.51. The van der Waals surface area contributed by atoms with Crippen LogP contribution >= 0.6 is 0 Å². The van der Waals surface area contributed by atoms with Gasteiger partial charge >= 0.3 is 0 Å². The SMILES string of the molecule is Cc1ccc(COc2nncc3ccccc23)cc1. The van der Waals surface area contributed by atoms with Crippen molar-refractivity contribution in [3.63, 3.8) is 0 Å². The molecule has 1 aromatic heterocycles. The molecule has 0 spiro atoms. The standard InChI is InChI=1S/C16H14N2O/c1-12-6-8-13(9-7-12)11-19-16-15-5-3-2-4-14(15)10-17-18-16/h2-10H,11H2,1H3. The first kappa shape index (κ1) is 11.7. The third kappa shape index (κ3) is 2.55. The van der Waals surface area contributed by atoms with E-state index < -0.39 is 0 Å². The largest absolute Gasteiger partial charge is 0.471 e. The Bertz CT molecular complexity index is 687. The fourth-order valence-electron chi connectivity index (χ4n) is 1.94. The number of rotatable bonds is 3. The van der Waals surface area contributed by atoms with Gasteiger partial charge in [-0.15, -0.1) is 5.10 Å². The molecule has 0 amide bonds. The van der Waals surface area contributed by atoms with Gasteiger partial charge in [-0.1, -0.05) is 48.0 Å². The van der Waals surface area contributed by atoms with Gasteiger partial charge in [0, 0.05) is 10.8 Å². The molecule has 0 saturated carbocycles. The number of benzene rings is 2. The van der Waals surface area contributed by atoms with Gasteiger partial charge in [-0.05, 0) is 18.6 Å². The summed E-state index contributed by atoms with van der Waals surface area (Å²) in [6.07, 6.45) is 1.74. The fourth-order valence-corrected chi connectivity index (χ4v) is 1.94. The molecule has 0 bridgehead atoms. The van der Waals surface area contributed by atoms with Crippen molar-refractivity contribution >= 4 is 10.8 Å². The summed E-state index contributed by atoms with van der Waals surface area (Å²) in [5.41, 5.74) is 2.37. The van der Waals surface area contributed by atoms with Crippen molar-refractivity contribution in [1.82, 2.24) is 10.2 Å². The summed E-state index contributed by atoms with van der Waals surface area (Å²) in [7, 11) is 0. The van der Waals surface area contributed by atoms with E-state index in [1.54, 1.807) is 6.20 Å². The van der Waals surface area contributed by atoms with Crippen LogP contribution in [0.5, 0.6) is 5.88 Å². The zero-order valence-electron chi connectivity index (χ0n) is 10.7. The highest BCUT2D eigenvalue weighted by atomic mass is 16.5. The Labute approximate surface area is 111 Å². The molecule has 0 aliphatic carbocycles. The van der Waals surface area contributed by atoms with Crippen LogP contribution in [-0.4, -0.2) is 10.2 Å². The molecular weight excluding hydrogens is 236 g/mol. The van der Waals surface area contributed by atoms with Crippen molar-refractivity contribution in [1.29, 1.82) is 0 Å². The first-order valence-electron chi connectivity index (χ1n) is 6.22. The molecule has 0 fully saturated rings. The van der Waals surface area contributed by atoms with E-state index in [2.05, 4.69) is 41.4 Å². The van der Waals surface area contributed by atoms with Crippen LogP contribution in [-0.2, 0) is 6.61 Å². The molecule has 94 valence electrons. The summed E-state index contributed by atoms with van der Waals surface area (Å²) in [6, 6.07) is 16.2. The second-order valence-electron chi connectivity index (χ2n) is 4.51. The Morgan fingerprint density at radius 2 is 1.79 bits per heavy atom. The number of aromatic nitrogens is 2. The molecule has 0 atom stereocenters. The number of ether oxygens (including phenoxy) is 1. The minimum absolute atomic E-state index is 0.503. The van der Waals surface area contributed by atoms with Crippen LogP contribution < -0.4 is 4.74 Å². The lowest BCUT2D eigenvalue weighted by Crippen LogP contribution is -1.99. The van der Waals surface area contributed by atoms with Crippen molar-refractivity contribution in [2.45, 2.75) is 13.5 Å². The van der Waals surface area contributed by atoms with Gasteiger partial charge in [0.05, 0.1) is 6.20 Å². The summed E-state index contributed by atoms with van der Waals surface area (Å²) < 4.78 is 5.77. The van der Waals surface area contributed by atoms with Crippen LogP contribution in [0.2, 0.25) is 0 Å². The maximum absolute atomic E-state index is 5.77. The molecule has 0 aliphatic heterocycles. The molecule has 2 aromatic carbocycles. The van der Waals surface area contributed by atoms with E-state index in [0.29, 0.717) is 12.5 Å². The van der Waals surface area contributed by atoms with Gasteiger partial charge in [0.15, 0.2) is 0 Å². The lowest BCUT2D eigenvalue weighted by Gasteiger charge is -2.07. The Morgan fingerprint density at radius 3 is 2.63 bits per heavy atom. The number of hydrogen-bond donors (Lipinski definition) is 0. The van der Waals surface area contributed by atoms with Gasteiger partial charge in [0.25, 0.3) is 0 Å². The van der Waals surface area contributed by atoms with E-state index in [9.17, 15) is 0 Å². The third-order valence-corrected chi connectivity index (χ3v) is 3.03. The van der Waals surface area contributed by atoms with Crippen molar-refractivity contribution in [3.8, 4) is 5.88 Å². The first-order valence-corrected chi connectivity index (χ1v) is 6.22. The molecule has 1 heterocycles. The average Bonchev–Trinajstić information content (AvgIpc) is 2.47. The number of hydrogen-bond acceptors (Lipinski definition) is 3. The zero-order chi connectivity index (χ0) is 13.1. The van der Waals surface area contributed by atoms with E-state index in [1.165, 1.54) is 5.56 Å². The molecule has 0 unspecified atom stereocenters. The highest BCUT2D eigenvalue weighted by molar-refractivity contribution is 5.85. The molecule has 0 saturated heterocycles. The van der Waals surface area contributed by atoms with Gasteiger partial charge in [-0.3, -0.25) is 0 Å². The molecular formula is C16H14N2O. The number of aryl methyl sites for hydroxylation is 1. The van der Waals surface area contributed by atoms with Crippen molar-refractivity contribution in [2.75, 3.05) is 0 Å². The maximum atomic E-state index is 5.77. The normalized spacial score (nSPS) is 10.6. The predicted molar refractivity (Wildman–Crippen MR) is 75.0 cm³/mol. The summed E-state index contributed by atoms with van der Waals surface area (Å²) in [5, 5.41) is 10.1. The summed E-state index contributed by atoms with van der Waals surface area (Å²) in [4.78, 5) is 0. The molecule has 0 N–H and O–H groups in total. The van der Waals surface area contributed by atoms with E-state index in [4.69, 9.17) is 4.74 Å². The van der Waals surface area contributed by atoms with Crippen LogP contribution in [0.4, 0.5) is 0 Å². The second kappa shape index (κ2) is 5.06. The van der Waals surface area contributed by atoms with Crippen LogP contribution in [0, 0.1) is 6.92 Å². The highest BCUT2D eigenvalue weighted by Gasteiger charge is 2.04. The smallest absolute Gasteiger partial charge is 0.241 e. The molecule has 19 heavy (non-hydrogen) atoms. The van der Waals surface area contributed by atoms with Gasteiger partial charge in [0.1, 0.15) is 6.61 Å². The maximum Gasteiger partial charge on any atom is 0.241 e. The van der Waals surface area contributed by atoms with Crippen LogP contribution in [0.25, 0.3) is 10.8 Å². The molecule has 3 nitrogen and oxygen atoms in total. The highest BCUT2D eigenvalue weighted by Crippen LogP contribution is 2.22. The van der Waals surface area contributed by atoms with Crippen LogP contribution in [0.15, 0.2) is 54.7 Å². The summed E-state index contributed by atoms with van der Waals surface area (Å²) in [6.45, 7) is 2.57. The van der Waals surface area contributed by atoms with E-state index >= 15 is 0 Å². The third-order valence-electron chi connectivity index (χ3n) is 3.03. The monoisotopic (exact) mass is 250 g/mol. The minimum atomic E-state index is 0.503. The Balaban J connectivity index is 1.84. The molecule has 3 rings (SSSR count). The first-order chi connectivity index (χ1) is 9.33. The number of nitrogens with zero attached hydrogens (tertiary/aromatic N) is 2. The Morgan fingerprint density at radius 1 is 1.00 bits per heavy atom. The molecule has 3 aromatic rings. The average molecular weight is 250 g/mol. The number of fused-ring (bicyclic) bond motifs is 1. The lowest BCUT2D eigenvalue weighted by molar-refractivity contribution is 0.294. The van der Waals surface area contributed by atoms with Gasteiger partial charge in [-0.25, -0.2) is 0 Å². The quantitative estimate of drug-likeness (QED) is 0.713. The van der Waals surface area contributed by atoms with Crippen LogP contribution in [0.3, 0.4) is 0 Å². The molecule has 0 aliphatic rings. The van der Waals surface area contributed by atoms with Gasteiger partial charge in [-0.2, -0.15) is 5.10 Å². The summed E-state index contributed by atoms with van der Waals surface area (Å²) in [5.74, 6) is 0.582. The van der Waals surface area contributed by atoms with Crippen molar-refractivity contribution in [3.05, 3.63) is 65.9 Å². The molecule has 3 heteroatoms. The van der Waals surface area contributed by atoms with Gasteiger partial charge < -0.3 is 4.74 Å². The fraction of sp³-hybridized carbons (Fsp3) is 0.125. The lowest BCUT2D eigenvalue weighted by atomic mass is 10.2. The van der Waals surface area contributed by atoms with Gasteiger partial charge in [0.2, 0.25) is 5.88 Å². The molecule has 0 radical (unpaired) electrons. The Kier molecular flexibility index (Phi) is 3.11. The van der Waals surface area contributed by atoms with E-state index in [0.717, 1.165) is 16.3 Å². The predicted octanol–water partition coefficient (Wildman–Crippen LogP) is 3.52. The Hall–Kier alpha value is -2.42. The zero-order valence-corrected chi connectivity index (χ0v) is 10.7. The van der Waals surface area contributed by atoms with E-state index in [-0.39, 0.29) is 0 Å². The summed E-state index contributed by atoms with van der Waals surface area (Å²) >= 11 is 0. The minimum Gasteiger partial charge on any atom is -0.471 e.